The molecule has 0 aromatic carbocycles. The van der Waals surface area contributed by atoms with Crippen LogP contribution in [-0.2, 0) is 13.6 Å². The Bertz CT molecular complexity index is 359. The van der Waals surface area contributed by atoms with Crippen LogP contribution in [0.15, 0.2) is 11.1 Å². The van der Waals surface area contributed by atoms with E-state index in [1.807, 2.05) is 0 Å². The lowest BCUT2D eigenvalue weighted by Gasteiger charge is -2.21. The van der Waals surface area contributed by atoms with E-state index in [4.69, 9.17) is 9.05 Å². The van der Waals surface area contributed by atoms with Gasteiger partial charge in [0, 0.05) is 5.57 Å². The highest BCUT2D eigenvalue weighted by Gasteiger charge is 2.41. The molecule has 0 unspecified atom stereocenters. The first-order valence-corrected chi connectivity index (χ1v) is 8.21. The van der Waals surface area contributed by atoms with Crippen LogP contribution in [0, 0.1) is 0 Å². The minimum atomic E-state index is -4.47. The average Bonchev–Trinajstić information content (AvgIpc) is 2.78. The third kappa shape index (κ3) is 4.93. The van der Waals surface area contributed by atoms with Crippen molar-refractivity contribution in [1.29, 1.82) is 0 Å². The zero-order valence-corrected chi connectivity index (χ0v) is 12.2. The van der Waals surface area contributed by atoms with Gasteiger partial charge in [0.15, 0.2) is 0 Å². The van der Waals surface area contributed by atoms with Crippen molar-refractivity contribution in [2.45, 2.75) is 45.7 Å². The maximum atomic E-state index is 13.1. The second kappa shape index (κ2) is 6.91. The predicted octanol–water partition coefficient (Wildman–Crippen LogP) is 4.69. The van der Waals surface area contributed by atoms with Crippen LogP contribution in [0.1, 0.15) is 39.5 Å². The molecule has 19 heavy (non-hydrogen) atoms. The van der Waals surface area contributed by atoms with Gasteiger partial charge in [0.25, 0.3) is 0 Å². The Hall–Kier alpha value is -0.320. The van der Waals surface area contributed by atoms with E-state index in [2.05, 4.69) is 0 Å². The quantitative estimate of drug-likeness (QED) is 0.527. The van der Waals surface area contributed by atoms with Crippen molar-refractivity contribution in [2.75, 3.05) is 19.4 Å². The molecule has 1 fully saturated rings. The van der Waals surface area contributed by atoms with Gasteiger partial charge in [-0.2, -0.15) is 13.2 Å². The number of halogens is 3. The summed E-state index contributed by atoms with van der Waals surface area (Å²) in [5.74, 6) is 0. The van der Waals surface area contributed by atoms with Crippen LogP contribution in [0.2, 0.25) is 0 Å². The minimum absolute atomic E-state index is 0.0672. The van der Waals surface area contributed by atoms with Gasteiger partial charge < -0.3 is 9.05 Å². The van der Waals surface area contributed by atoms with Gasteiger partial charge in [0.1, 0.15) is 0 Å². The fraction of sp³-hybridized carbons (Fsp3) is 0.833. The lowest BCUT2D eigenvalue weighted by atomic mass is 10.1. The second-order valence-electron chi connectivity index (χ2n) is 4.39. The Morgan fingerprint density at radius 1 is 1.16 bits per heavy atom. The SMILES string of the molecule is CCOP(=O)(CC(=C1CCCC1)C(F)(F)F)OCC. The molecule has 0 heterocycles. The summed E-state index contributed by atoms with van der Waals surface area (Å²) in [7, 11) is -3.70. The zero-order chi connectivity index (χ0) is 14.5. The highest BCUT2D eigenvalue weighted by Crippen LogP contribution is 2.53. The summed E-state index contributed by atoms with van der Waals surface area (Å²) in [5, 5.41) is 0. The molecular weight excluding hydrogens is 280 g/mol. The second-order valence-corrected chi connectivity index (χ2v) is 6.45. The van der Waals surface area contributed by atoms with Crippen LogP contribution in [0.5, 0.6) is 0 Å². The van der Waals surface area contributed by atoms with Crippen molar-refractivity contribution in [3.63, 3.8) is 0 Å². The molecule has 7 heteroatoms. The molecule has 3 nitrogen and oxygen atoms in total. The van der Waals surface area contributed by atoms with Crippen LogP contribution in [0.25, 0.3) is 0 Å². The van der Waals surface area contributed by atoms with Gasteiger partial charge in [-0.25, -0.2) is 0 Å². The summed E-state index contributed by atoms with van der Waals surface area (Å²) in [6, 6.07) is 0. The smallest absolute Gasteiger partial charge is 0.309 e. The summed E-state index contributed by atoms with van der Waals surface area (Å²) in [6.45, 7) is 3.30. The molecule has 1 aliphatic rings. The molecular formula is C12H20F3O3P. The molecule has 0 N–H and O–H groups in total. The molecule has 1 saturated carbocycles. The van der Waals surface area contributed by atoms with Gasteiger partial charge in [-0.1, -0.05) is 5.57 Å². The van der Waals surface area contributed by atoms with Crippen molar-refractivity contribution >= 4 is 7.60 Å². The Kier molecular flexibility index (Phi) is 6.09. The molecule has 0 aliphatic heterocycles. The van der Waals surface area contributed by atoms with Crippen LogP contribution in [0.3, 0.4) is 0 Å². The number of allylic oxidation sites excluding steroid dienone is 2. The molecule has 112 valence electrons. The van der Waals surface area contributed by atoms with Gasteiger partial charge in [0.05, 0.1) is 19.4 Å². The highest BCUT2D eigenvalue weighted by atomic mass is 31.2. The van der Waals surface area contributed by atoms with Crippen LogP contribution in [-0.4, -0.2) is 25.6 Å². The largest absolute Gasteiger partial charge is 0.413 e. The zero-order valence-electron chi connectivity index (χ0n) is 11.3. The monoisotopic (exact) mass is 300 g/mol. The van der Waals surface area contributed by atoms with Crippen LogP contribution < -0.4 is 0 Å². The number of alkyl halides is 3. The van der Waals surface area contributed by atoms with Crippen molar-refractivity contribution < 1.29 is 26.8 Å². The topological polar surface area (TPSA) is 35.5 Å². The van der Waals surface area contributed by atoms with Gasteiger partial charge in [-0.15, -0.1) is 0 Å². The summed E-state index contributed by atoms with van der Waals surface area (Å²) in [4.78, 5) is 0. The first-order valence-electron chi connectivity index (χ1n) is 6.48. The minimum Gasteiger partial charge on any atom is -0.309 e. The lowest BCUT2D eigenvalue weighted by molar-refractivity contribution is -0.0924. The molecule has 0 radical (unpaired) electrons. The Morgan fingerprint density at radius 2 is 1.63 bits per heavy atom. The summed E-state index contributed by atoms with van der Waals surface area (Å²) in [6.07, 6.45) is -2.79. The Labute approximate surface area is 111 Å². The van der Waals surface area contributed by atoms with E-state index in [0.717, 1.165) is 12.8 Å². The molecule has 0 atom stereocenters. The molecule has 1 rings (SSSR count). The van der Waals surface area contributed by atoms with Crippen LogP contribution >= 0.6 is 7.60 Å². The lowest BCUT2D eigenvalue weighted by Crippen LogP contribution is -2.19. The predicted molar refractivity (Wildman–Crippen MR) is 67.3 cm³/mol. The number of hydrogen-bond acceptors (Lipinski definition) is 3. The molecule has 0 bridgehead atoms. The van der Waals surface area contributed by atoms with E-state index in [9.17, 15) is 17.7 Å². The maximum absolute atomic E-state index is 13.1. The summed E-state index contributed by atoms with van der Waals surface area (Å²) in [5.41, 5.74) is -0.359. The third-order valence-corrected chi connectivity index (χ3v) is 4.99. The standard InChI is InChI=1S/C12H20F3O3P/c1-3-17-19(16,18-4-2)9-11(12(13,14)15)10-7-5-6-8-10/h3-9H2,1-2H3. The first-order chi connectivity index (χ1) is 8.82. The number of hydrogen-bond donors (Lipinski definition) is 0. The normalized spacial score (nSPS) is 17.0. The maximum Gasteiger partial charge on any atom is 0.413 e. The summed E-state index contributed by atoms with van der Waals surface area (Å²) >= 11 is 0. The average molecular weight is 300 g/mol. The van der Waals surface area contributed by atoms with Gasteiger partial charge in [-0.3, -0.25) is 4.57 Å². The Balaban J connectivity index is 3.00. The molecule has 0 aromatic heterocycles. The van der Waals surface area contributed by atoms with Gasteiger partial charge in [0.2, 0.25) is 0 Å². The molecule has 0 saturated heterocycles. The van der Waals surface area contributed by atoms with E-state index in [0.29, 0.717) is 18.4 Å². The van der Waals surface area contributed by atoms with Crippen molar-refractivity contribution in [1.82, 2.24) is 0 Å². The third-order valence-electron chi connectivity index (χ3n) is 2.98. The van der Waals surface area contributed by atoms with Crippen molar-refractivity contribution in [3.05, 3.63) is 11.1 Å². The van der Waals surface area contributed by atoms with Crippen molar-refractivity contribution in [3.8, 4) is 0 Å². The highest BCUT2D eigenvalue weighted by molar-refractivity contribution is 7.54. The molecule has 0 spiro atoms. The molecule has 1 aliphatic carbocycles. The van der Waals surface area contributed by atoms with E-state index in [-0.39, 0.29) is 13.2 Å². The summed E-state index contributed by atoms with van der Waals surface area (Å²) < 4.78 is 61.4. The van der Waals surface area contributed by atoms with E-state index in [1.165, 1.54) is 0 Å². The Morgan fingerprint density at radius 3 is 2.00 bits per heavy atom. The number of rotatable bonds is 6. The van der Waals surface area contributed by atoms with Gasteiger partial charge >= 0.3 is 13.8 Å². The van der Waals surface area contributed by atoms with E-state index in [1.54, 1.807) is 13.8 Å². The van der Waals surface area contributed by atoms with E-state index < -0.39 is 25.5 Å². The van der Waals surface area contributed by atoms with Gasteiger partial charge in [-0.05, 0) is 39.5 Å². The van der Waals surface area contributed by atoms with Crippen LogP contribution in [0.4, 0.5) is 13.2 Å². The van der Waals surface area contributed by atoms with E-state index >= 15 is 0 Å². The fourth-order valence-electron chi connectivity index (χ4n) is 2.22. The molecule has 0 amide bonds. The fourth-order valence-corrected chi connectivity index (χ4v) is 4.06. The first kappa shape index (κ1) is 16.7. The molecule has 0 aromatic rings. The van der Waals surface area contributed by atoms with Crippen molar-refractivity contribution in [2.24, 2.45) is 0 Å².